The van der Waals surface area contributed by atoms with E-state index in [0.29, 0.717) is 0 Å². The van der Waals surface area contributed by atoms with Crippen LogP contribution in [0.15, 0.2) is 11.3 Å². The summed E-state index contributed by atoms with van der Waals surface area (Å²) in [5.41, 5.74) is 0.0266. The first-order valence-corrected chi connectivity index (χ1v) is 8.01. The van der Waals surface area contributed by atoms with Crippen molar-refractivity contribution in [1.29, 1.82) is 0 Å². The first-order chi connectivity index (χ1) is 7.85. The molecule has 0 aromatic heterocycles. The van der Waals surface area contributed by atoms with Crippen molar-refractivity contribution >= 4 is 10.0 Å². The van der Waals surface area contributed by atoms with Crippen molar-refractivity contribution in [3.8, 4) is 0 Å². The molecule has 2 unspecified atom stereocenters. The van der Waals surface area contributed by atoms with E-state index in [1.807, 2.05) is 41.5 Å². The quantitative estimate of drug-likeness (QED) is 0.777. The molecule has 0 bridgehead atoms. The highest BCUT2D eigenvalue weighted by Crippen LogP contribution is 2.46. The molecule has 0 aliphatic carbocycles. The van der Waals surface area contributed by atoms with Crippen molar-refractivity contribution in [3.63, 3.8) is 0 Å². The van der Waals surface area contributed by atoms with Gasteiger partial charge in [-0.25, -0.2) is 8.42 Å². The predicted molar refractivity (Wildman–Crippen MR) is 73.7 cm³/mol. The van der Waals surface area contributed by atoms with Gasteiger partial charge in [-0.15, -0.1) is 0 Å². The maximum Gasteiger partial charge on any atom is 0.211 e. The van der Waals surface area contributed by atoms with Gasteiger partial charge in [-0.1, -0.05) is 6.92 Å². The van der Waals surface area contributed by atoms with Gasteiger partial charge in [0, 0.05) is 13.0 Å². The van der Waals surface area contributed by atoms with Gasteiger partial charge < -0.3 is 4.74 Å². The highest BCUT2D eigenvalue weighted by Gasteiger charge is 2.52. The minimum absolute atomic E-state index is 0.0495. The van der Waals surface area contributed by atoms with Gasteiger partial charge in [0.15, 0.2) is 0 Å². The van der Waals surface area contributed by atoms with Crippen LogP contribution < -0.4 is 0 Å². The zero-order valence-corrected chi connectivity index (χ0v) is 13.5. The Balaban J connectivity index is 3.48. The first-order valence-electron chi connectivity index (χ1n) is 6.16. The fraction of sp³-hybridized carbons (Fsp3) is 0.846. The van der Waals surface area contributed by atoms with E-state index in [2.05, 4.69) is 0 Å². The van der Waals surface area contributed by atoms with Gasteiger partial charge in [0.25, 0.3) is 0 Å². The van der Waals surface area contributed by atoms with Crippen LogP contribution in [0.5, 0.6) is 0 Å². The Bertz CT molecular complexity index is 478. The molecule has 0 saturated carbocycles. The van der Waals surface area contributed by atoms with Gasteiger partial charge >= 0.3 is 0 Å². The molecule has 0 saturated heterocycles. The highest BCUT2D eigenvalue weighted by molar-refractivity contribution is 7.88. The summed E-state index contributed by atoms with van der Waals surface area (Å²) in [5, 5.41) is 0. The topological polar surface area (TPSA) is 46.6 Å². The van der Waals surface area contributed by atoms with Crippen LogP contribution in [0.4, 0.5) is 0 Å². The summed E-state index contributed by atoms with van der Waals surface area (Å²) in [5.74, 6) is 0.865. The number of nitrogens with zero attached hydrogens (tertiary/aromatic N) is 1. The van der Waals surface area contributed by atoms with Crippen molar-refractivity contribution in [3.05, 3.63) is 11.3 Å². The van der Waals surface area contributed by atoms with E-state index in [-0.39, 0.29) is 5.92 Å². The molecule has 0 amide bonds. The predicted octanol–water partition coefficient (Wildman–Crippen LogP) is 2.38. The lowest BCUT2D eigenvalue weighted by Crippen LogP contribution is -2.60. The fourth-order valence-electron chi connectivity index (χ4n) is 2.77. The third-order valence-corrected chi connectivity index (χ3v) is 6.12. The number of rotatable bonds is 2. The van der Waals surface area contributed by atoms with Crippen LogP contribution >= 0.6 is 0 Å². The van der Waals surface area contributed by atoms with E-state index in [1.165, 1.54) is 10.6 Å². The second kappa shape index (κ2) is 4.23. The van der Waals surface area contributed by atoms with Crippen molar-refractivity contribution in [2.75, 3.05) is 13.3 Å². The number of hydrogen-bond donors (Lipinski definition) is 0. The molecule has 1 aliphatic heterocycles. The van der Waals surface area contributed by atoms with E-state index >= 15 is 0 Å². The maximum absolute atomic E-state index is 11.9. The fourth-order valence-corrected chi connectivity index (χ4v) is 3.75. The minimum Gasteiger partial charge on any atom is -0.492 e. The molecule has 106 valence electrons. The molecule has 4 nitrogen and oxygen atoms in total. The zero-order valence-electron chi connectivity index (χ0n) is 12.7. The lowest BCUT2D eigenvalue weighted by Gasteiger charge is -2.53. The molecule has 0 spiro atoms. The molecule has 5 heteroatoms. The van der Waals surface area contributed by atoms with Crippen LogP contribution in [-0.4, -0.2) is 37.2 Å². The Morgan fingerprint density at radius 3 is 2.06 bits per heavy atom. The number of allylic oxidation sites excluding steroid dienone is 1. The molecular formula is C13H25NO3S. The Kier molecular flexibility index (Phi) is 3.65. The zero-order chi connectivity index (χ0) is 14.5. The van der Waals surface area contributed by atoms with Crippen LogP contribution in [0.3, 0.4) is 0 Å². The summed E-state index contributed by atoms with van der Waals surface area (Å²) in [6.07, 6.45) is 1.25. The molecule has 2 atom stereocenters. The molecule has 0 fully saturated rings. The normalized spacial score (nSPS) is 32.6. The van der Waals surface area contributed by atoms with Crippen molar-refractivity contribution in [2.24, 2.45) is 5.92 Å². The Morgan fingerprint density at radius 2 is 1.67 bits per heavy atom. The Morgan fingerprint density at radius 1 is 1.22 bits per heavy atom. The Hall–Kier alpha value is -0.550. The van der Waals surface area contributed by atoms with Crippen LogP contribution in [0.25, 0.3) is 0 Å². The van der Waals surface area contributed by atoms with Gasteiger partial charge in [0.05, 0.1) is 17.6 Å². The summed E-state index contributed by atoms with van der Waals surface area (Å²) in [6.45, 7) is 11.9. The van der Waals surface area contributed by atoms with E-state index in [1.54, 1.807) is 7.05 Å². The molecule has 0 aromatic carbocycles. The monoisotopic (exact) mass is 275 g/mol. The number of sulfonamides is 1. The van der Waals surface area contributed by atoms with Crippen molar-refractivity contribution in [1.82, 2.24) is 4.31 Å². The lowest BCUT2D eigenvalue weighted by molar-refractivity contribution is -0.0721. The third kappa shape index (κ3) is 2.18. The number of ether oxygens (including phenoxy) is 1. The number of likely N-dealkylation sites (N-methyl/N-ethyl adjacent to an activating group) is 1. The molecular weight excluding hydrogens is 250 g/mol. The van der Waals surface area contributed by atoms with Gasteiger partial charge in [0.2, 0.25) is 10.0 Å². The maximum atomic E-state index is 11.9. The minimum atomic E-state index is -3.26. The summed E-state index contributed by atoms with van der Waals surface area (Å²) in [4.78, 5) is 0. The second-order valence-electron chi connectivity index (χ2n) is 5.99. The van der Waals surface area contributed by atoms with Gasteiger partial charge in [-0.2, -0.15) is 4.31 Å². The molecule has 1 rings (SSSR count). The van der Waals surface area contributed by atoms with Crippen molar-refractivity contribution < 1.29 is 13.2 Å². The SMILES string of the molecule is CC1=C(C)C(C)(N(C)S(C)(=O)=O)C(C)C(C)(C)O1. The van der Waals surface area contributed by atoms with Crippen LogP contribution in [-0.2, 0) is 14.8 Å². The molecule has 0 N–H and O–H groups in total. The highest BCUT2D eigenvalue weighted by atomic mass is 32.2. The second-order valence-corrected chi connectivity index (χ2v) is 8.00. The van der Waals surface area contributed by atoms with E-state index in [9.17, 15) is 8.42 Å². The average Bonchev–Trinajstić information content (AvgIpc) is 2.21. The molecule has 1 aliphatic rings. The summed E-state index contributed by atoms with van der Waals surface area (Å²) in [6, 6.07) is 0. The van der Waals surface area contributed by atoms with Crippen LogP contribution in [0, 0.1) is 5.92 Å². The van der Waals surface area contributed by atoms with E-state index in [0.717, 1.165) is 11.3 Å². The smallest absolute Gasteiger partial charge is 0.211 e. The molecule has 18 heavy (non-hydrogen) atoms. The van der Waals surface area contributed by atoms with Crippen LogP contribution in [0.2, 0.25) is 0 Å². The number of hydrogen-bond acceptors (Lipinski definition) is 3. The third-order valence-electron chi connectivity index (χ3n) is 4.74. The van der Waals surface area contributed by atoms with Gasteiger partial charge in [-0.05, 0) is 40.2 Å². The van der Waals surface area contributed by atoms with E-state index in [4.69, 9.17) is 4.74 Å². The lowest BCUT2D eigenvalue weighted by atomic mass is 9.70. The molecule has 0 radical (unpaired) electrons. The largest absolute Gasteiger partial charge is 0.492 e. The Labute approximate surface area is 111 Å². The van der Waals surface area contributed by atoms with Gasteiger partial charge in [0.1, 0.15) is 5.60 Å². The van der Waals surface area contributed by atoms with Crippen LogP contribution in [0.1, 0.15) is 41.5 Å². The summed E-state index contributed by atoms with van der Waals surface area (Å²) >= 11 is 0. The molecule has 0 aromatic rings. The summed E-state index contributed by atoms with van der Waals surface area (Å²) in [7, 11) is -1.61. The van der Waals surface area contributed by atoms with Crippen molar-refractivity contribution in [2.45, 2.75) is 52.7 Å². The van der Waals surface area contributed by atoms with Gasteiger partial charge in [-0.3, -0.25) is 0 Å². The molecule has 1 heterocycles. The first kappa shape index (κ1) is 15.5. The summed E-state index contributed by atoms with van der Waals surface area (Å²) < 4.78 is 31.2. The average molecular weight is 275 g/mol. The van der Waals surface area contributed by atoms with E-state index < -0.39 is 21.2 Å². The standard InChI is InChI=1S/C13H25NO3S/c1-9-10(2)17-12(4,5)11(3)13(9,6)14(7)18(8,15)16/h11H,1-8H3.